The second-order valence-corrected chi connectivity index (χ2v) is 13.4. The molecule has 2 atom stereocenters. The van der Waals surface area contributed by atoms with E-state index >= 15 is 0 Å². The first kappa shape index (κ1) is 28.7. The molecule has 0 N–H and O–H groups in total. The van der Waals surface area contributed by atoms with Gasteiger partial charge in [0.25, 0.3) is 0 Å². The molecular formula is C36H26FeP2. The Morgan fingerprint density at radius 3 is 1.87 bits per heavy atom. The maximum absolute atomic E-state index is 3.68. The fourth-order valence-electron chi connectivity index (χ4n) is 4.54. The van der Waals surface area contributed by atoms with Gasteiger partial charge in [0, 0.05) is 11.2 Å². The molecule has 0 heterocycles. The zero-order chi connectivity index (χ0) is 26.0. The summed E-state index contributed by atoms with van der Waals surface area (Å²) < 4.78 is 0. The predicted molar refractivity (Wildman–Crippen MR) is 164 cm³/mol. The van der Waals surface area contributed by atoms with E-state index < -0.39 is 15.8 Å². The Balaban J connectivity index is 0.000000530. The van der Waals surface area contributed by atoms with Crippen molar-refractivity contribution in [3.05, 3.63) is 185 Å². The topological polar surface area (TPSA) is 0 Å². The van der Waals surface area contributed by atoms with Gasteiger partial charge in [0.05, 0.1) is 0 Å². The second kappa shape index (κ2) is 14.8. The van der Waals surface area contributed by atoms with Crippen LogP contribution in [-0.4, -0.2) is 5.66 Å². The van der Waals surface area contributed by atoms with Gasteiger partial charge in [0.1, 0.15) is 0 Å². The van der Waals surface area contributed by atoms with E-state index in [4.69, 9.17) is 0 Å². The average molecular weight is 576 g/mol. The van der Waals surface area contributed by atoms with E-state index in [1.54, 1.807) is 0 Å². The van der Waals surface area contributed by atoms with Crippen LogP contribution in [0.5, 0.6) is 0 Å². The molecule has 3 aromatic rings. The zero-order valence-electron chi connectivity index (χ0n) is 21.5. The van der Waals surface area contributed by atoms with E-state index in [-0.39, 0.29) is 17.1 Å². The SMILES string of the molecule is C[C@H](C1=C=CC=C1P(c1ccccc1)c1ccccc1)P(C1=C[CH]C=C[CH-]1)c1ccccc1.[C]1=C=C=C=[C-]1.[Fe+2]. The quantitative estimate of drug-likeness (QED) is 0.117. The van der Waals surface area contributed by atoms with Crippen LogP contribution in [0, 0.1) is 25.0 Å². The third-order valence-electron chi connectivity index (χ3n) is 6.21. The van der Waals surface area contributed by atoms with Gasteiger partial charge in [-0.05, 0) is 41.3 Å². The minimum Gasteiger partial charge on any atom is -0.288 e. The summed E-state index contributed by atoms with van der Waals surface area (Å²) in [5.41, 5.74) is 12.9. The van der Waals surface area contributed by atoms with Crippen LogP contribution in [-0.2, 0) is 17.1 Å². The predicted octanol–water partition coefficient (Wildman–Crippen LogP) is 7.78. The molecule has 2 radical (unpaired) electrons. The van der Waals surface area contributed by atoms with Gasteiger partial charge in [-0.1, -0.05) is 106 Å². The van der Waals surface area contributed by atoms with E-state index in [0.717, 1.165) is 0 Å². The summed E-state index contributed by atoms with van der Waals surface area (Å²) in [6, 6.07) is 32.9. The van der Waals surface area contributed by atoms with Crippen LogP contribution in [0.2, 0.25) is 0 Å². The van der Waals surface area contributed by atoms with Gasteiger partial charge >= 0.3 is 17.1 Å². The molecule has 188 valence electrons. The van der Waals surface area contributed by atoms with Crippen molar-refractivity contribution < 1.29 is 17.1 Å². The Kier molecular flexibility index (Phi) is 10.9. The Hall–Kier alpha value is -3.27. The number of hydrogen-bond donors (Lipinski definition) is 0. The van der Waals surface area contributed by atoms with Crippen LogP contribution < -0.4 is 15.9 Å². The van der Waals surface area contributed by atoms with Gasteiger partial charge in [-0.3, -0.25) is 11.5 Å². The van der Waals surface area contributed by atoms with Crippen LogP contribution in [0.15, 0.2) is 161 Å². The van der Waals surface area contributed by atoms with Gasteiger partial charge in [-0.15, -0.1) is 29.6 Å². The summed E-state index contributed by atoms with van der Waals surface area (Å²) in [4.78, 5) is 0. The molecule has 3 aliphatic rings. The maximum atomic E-state index is 3.68. The fourth-order valence-corrected chi connectivity index (χ4v) is 9.81. The summed E-state index contributed by atoms with van der Waals surface area (Å²) in [7, 11) is -1.21. The minimum absolute atomic E-state index is 0. The fraction of sp³-hybridized carbons (Fsp3) is 0.0556. The van der Waals surface area contributed by atoms with E-state index in [9.17, 15) is 0 Å². The van der Waals surface area contributed by atoms with E-state index in [1.807, 2.05) is 0 Å². The van der Waals surface area contributed by atoms with Gasteiger partial charge in [0.2, 0.25) is 0 Å². The Morgan fingerprint density at radius 2 is 1.38 bits per heavy atom. The van der Waals surface area contributed by atoms with Crippen LogP contribution in [0.3, 0.4) is 0 Å². The van der Waals surface area contributed by atoms with Crippen LogP contribution in [0.1, 0.15) is 6.92 Å². The summed E-state index contributed by atoms with van der Waals surface area (Å²) in [6.07, 6.45) is 20.4. The third-order valence-corrected chi connectivity index (χ3v) is 11.5. The molecule has 0 spiro atoms. The first-order chi connectivity index (χ1) is 18.8. The molecule has 6 rings (SSSR count). The minimum atomic E-state index is -0.646. The summed E-state index contributed by atoms with van der Waals surface area (Å²) in [5.74, 6) is 0. The van der Waals surface area contributed by atoms with Crippen molar-refractivity contribution in [2.45, 2.75) is 12.6 Å². The molecule has 0 amide bonds. The molecule has 0 saturated heterocycles. The monoisotopic (exact) mass is 576 g/mol. The Morgan fingerprint density at radius 1 is 0.769 bits per heavy atom. The van der Waals surface area contributed by atoms with Gasteiger partial charge in [-0.25, -0.2) is 5.73 Å². The Bertz CT molecular complexity index is 1500. The standard InChI is InChI=1S/C31H26P2.C5.Fe/c1-25(32(26-15-6-2-7-16-26)27-17-8-3-9-18-27)30-23-14-24-31(30)33(28-19-10-4-11-20-28)29-21-12-5-13-22-29;1-2-4-5-3-1;/h2-22,24-25H,1H3;;/q2*-1;+2/t25-;;/m1../s1. The largest absolute Gasteiger partial charge is 2.00 e. The molecule has 3 aromatic carbocycles. The molecule has 3 heteroatoms. The van der Waals surface area contributed by atoms with Crippen molar-refractivity contribution in [3.8, 4) is 0 Å². The molecule has 0 aromatic heterocycles. The first-order valence-electron chi connectivity index (χ1n) is 12.5. The van der Waals surface area contributed by atoms with Gasteiger partial charge in [0.15, 0.2) is 0 Å². The van der Waals surface area contributed by atoms with Crippen molar-refractivity contribution in [1.82, 2.24) is 0 Å². The molecule has 0 bridgehead atoms. The summed E-state index contributed by atoms with van der Waals surface area (Å²) in [5, 5.41) is 7.02. The number of allylic oxidation sites excluding steroid dienone is 9. The second-order valence-electron chi connectivity index (χ2n) is 8.63. The van der Waals surface area contributed by atoms with Crippen LogP contribution in [0.4, 0.5) is 0 Å². The van der Waals surface area contributed by atoms with Crippen molar-refractivity contribution in [2.24, 2.45) is 0 Å². The molecular weight excluding hydrogens is 550 g/mol. The van der Waals surface area contributed by atoms with Crippen molar-refractivity contribution in [3.63, 3.8) is 0 Å². The maximum Gasteiger partial charge on any atom is 2.00 e. The van der Waals surface area contributed by atoms with Crippen LogP contribution >= 0.6 is 15.8 Å². The molecule has 1 unspecified atom stereocenters. The van der Waals surface area contributed by atoms with Gasteiger partial charge < -0.3 is 0 Å². The number of rotatable bonds is 7. The first-order valence-corrected chi connectivity index (χ1v) is 15.3. The van der Waals surface area contributed by atoms with Gasteiger partial charge in [-0.2, -0.15) is 24.6 Å². The normalized spacial score (nSPS) is 15.5. The van der Waals surface area contributed by atoms with Crippen LogP contribution in [0.25, 0.3) is 0 Å². The molecule has 0 fully saturated rings. The van der Waals surface area contributed by atoms with E-state index in [2.05, 4.69) is 176 Å². The van der Waals surface area contributed by atoms with E-state index in [1.165, 1.54) is 32.1 Å². The Labute approximate surface area is 245 Å². The summed E-state index contributed by atoms with van der Waals surface area (Å²) in [6.45, 7) is 2.39. The average Bonchev–Trinajstić information content (AvgIpc) is 3.72. The molecule has 0 saturated carbocycles. The number of hydrogen-bond acceptors (Lipinski definition) is 0. The molecule has 0 nitrogen and oxygen atoms in total. The zero-order valence-corrected chi connectivity index (χ0v) is 24.4. The molecule has 0 aliphatic heterocycles. The third kappa shape index (κ3) is 7.23. The summed E-state index contributed by atoms with van der Waals surface area (Å²) >= 11 is 0. The van der Waals surface area contributed by atoms with Crippen molar-refractivity contribution in [2.75, 3.05) is 0 Å². The van der Waals surface area contributed by atoms with Crippen molar-refractivity contribution in [1.29, 1.82) is 0 Å². The van der Waals surface area contributed by atoms with Crippen molar-refractivity contribution >= 4 is 31.8 Å². The van der Waals surface area contributed by atoms with E-state index in [0.29, 0.717) is 5.66 Å². The number of benzene rings is 3. The molecule has 3 aliphatic carbocycles. The smallest absolute Gasteiger partial charge is 0.288 e. The molecule has 39 heavy (non-hydrogen) atoms.